The van der Waals surface area contributed by atoms with Gasteiger partial charge >= 0.3 is 0 Å². The molecule has 0 amide bonds. The van der Waals surface area contributed by atoms with Crippen LogP contribution in [0.2, 0.25) is 0 Å². The first-order valence-corrected chi connectivity index (χ1v) is 10.7. The molecule has 0 radical (unpaired) electrons. The number of hydrogen-bond acceptors (Lipinski definition) is 8. The molecule has 0 spiro atoms. The fourth-order valence-corrected chi connectivity index (χ4v) is 4.01. The smallest absolute Gasteiger partial charge is 0.277 e. The van der Waals surface area contributed by atoms with Gasteiger partial charge in [-0.3, -0.25) is 9.36 Å². The second kappa shape index (κ2) is 8.81. The van der Waals surface area contributed by atoms with Gasteiger partial charge in [0.1, 0.15) is 11.5 Å². The van der Waals surface area contributed by atoms with Gasteiger partial charge in [0.2, 0.25) is 5.89 Å². The fraction of sp³-hybridized carbons (Fsp3) is 0.273. The normalized spacial score (nSPS) is 11.1. The van der Waals surface area contributed by atoms with Crippen LogP contribution in [0.25, 0.3) is 5.82 Å². The summed E-state index contributed by atoms with van der Waals surface area (Å²) in [5.74, 6) is 2.86. The van der Waals surface area contributed by atoms with Crippen LogP contribution in [0.1, 0.15) is 39.0 Å². The number of ketones is 1. The maximum atomic E-state index is 12.8. The second-order valence-corrected chi connectivity index (χ2v) is 8.04. The number of hydrogen-bond donors (Lipinski definition) is 0. The predicted octanol–water partition coefficient (Wildman–Crippen LogP) is 4.35. The Labute approximate surface area is 183 Å². The van der Waals surface area contributed by atoms with Crippen molar-refractivity contribution in [2.45, 2.75) is 32.4 Å². The van der Waals surface area contributed by atoms with Crippen LogP contribution in [0.4, 0.5) is 0 Å². The lowest BCUT2D eigenvalue weighted by Gasteiger charge is -2.04. The summed E-state index contributed by atoms with van der Waals surface area (Å²) in [7, 11) is 1.63. The van der Waals surface area contributed by atoms with Gasteiger partial charge in [-0.25, -0.2) is 0 Å². The molecule has 1 aromatic carbocycles. The number of carbonyl (C=O) groups excluding carboxylic acids is 1. The summed E-state index contributed by atoms with van der Waals surface area (Å²) in [5, 5.41) is 12.6. The van der Waals surface area contributed by atoms with E-state index in [1.807, 2.05) is 61.7 Å². The third kappa shape index (κ3) is 4.56. The Morgan fingerprint density at radius 2 is 1.90 bits per heavy atom. The Morgan fingerprint density at radius 3 is 2.58 bits per heavy atom. The van der Waals surface area contributed by atoms with Crippen molar-refractivity contribution in [2.24, 2.45) is 0 Å². The molecule has 0 aliphatic carbocycles. The number of aromatic nitrogens is 4. The van der Waals surface area contributed by atoms with Crippen LogP contribution in [0.5, 0.6) is 5.75 Å². The summed E-state index contributed by atoms with van der Waals surface area (Å²) in [6.45, 7) is 5.67. The van der Waals surface area contributed by atoms with E-state index in [2.05, 4.69) is 15.4 Å². The van der Waals surface area contributed by atoms with Crippen LogP contribution >= 0.6 is 11.8 Å². The van der Waals surface area contributed by atoms with Crippen LogP contribution in [0.15, 0.2) is 50.6 Å². The number of thioether (sulfide) groups is 1. The lowest BCUT2D eigenvalue weighted by atomic mass is 10.1. The zero-order chi connectivity index (χ0) is 22.0. The Bertz CT molecular complexity index is 1210. The van der Waals surface area contributed by atoms with Crippen LogP contribution in [0.3, 0.4) is 0 Å². The Kier molecular flexibility index (Phi) is 5.94. The van der Waals surface area contributed by atoms with Crippen molar-refractivity contribution in [3.63, 3.8) is 0 Å². The van der Waals surface area contributed by atoms with E-state index in [9.17, 15) is 4.79 Å². The molecule has 8 nitrogen and oxygen atoms in total. The molecule has 4 rings (SSSR count). The minimum Gasteiger partial charge on any atom is -0.497 e. The molecule has 0 bridgehead atoms. The van der Waals surface area contributed by atoms with Crippen LogP contribution in [-0.4, -0.2) is 38.6 Å². The first-order chi connectivity index (χ1) is 14.9. The minimum atomic E-state index is -0.0144. The standard InChI is InChI=1S/C22H22N4O4S/c1-13-9-18(15(3)26(13)20-10-14(2)30-25-20)19(27)12-31-22-24-23-21(29-22)11-16-5-7-17(28-4)8-6-16/h5-10H,11-12H2,1-4H3. The maximum Gasteiger partial charge on any atom is 0.277 e. The van der Waals surface area contributed by atoms with E-state index < -0.39 is 0 Å². The highest BCUT2D eigenvalue weighted by Gasteiger charge is 2.19. The number of benzene rings is 1. The van der Waals surface area contributed by atoms with E-state index in [4.69, 9.17) is 13.7 Å². The molecule has 0 saturated carbocycles. The molecule has 0 saturated heterocycles. The molecule has 0 N–H and O–H groups in total. The highest BCUT2D eigenvalue weighted by molar-refractivity contribution is 7.99. The molecule has 3 heterocycles. The molecular formula is C22H22N4O4S. The summed E-state index contributed by atoms with van der Waals surface area (Å²) in [4.78, 5) is 12.8. The number of aryl methyl sites for hydroxylation is 2. The van der Waals surface area contributed by atoms with Gasteiger partial charge in [0.05, 0.1) is 19.3 Å². The van der Waals surface area contributed by atoms with Gasteiger partial charge in [-0.1, -0.05) is 29.1 Å². The van der Waals surface area contributed by atoms with Gasteiger partial charge in [0, 0.05) is 23.0 Å². The zero-order valence-corrected chi connectivity index (χ0v) is 18.5. The zero-order valence-electron chi connectivity index (χ0n) is 17.7. The SMILES string of the molecule is COc1ccc(Cc2nnc(SCC(=O)c3cc(C)n(-c4cc(C)on4)c3C)o2)cc1. The molecule has 0 aliphatic rings. The van der Waals surface area contributed by atoms with Crippen LogP contribution < -0.4 is 4.74 Å². The minimum absolute atomic E-state index is 0.0144. The van der Waals surface area contributed by atoms with E-state index in [0.717, 1.165) is 22.7 Å². The molecule has 160 valence electrons. The van der Waals surface area contributed by atoms with E-state index >= 15 is 0 Å². The molecule has 9 heteroatoms. The molecule has 0 fully saturated rings. The summed E-state index contributed by atoms with van der Waals surface area (Å²) in [6.07, 6.45) is 0.518. The third-order valence-corrected chi connectivity index (χ3v) is 5.68. The Balaban J connectivity index is 1.40. The molecule has 31 heavy (non-hydrogen) atoms. The van der Waals surface area contributed by atoms with Crippen molar-refractivity contribution in [3.8, 4) is 11.6 Å². The van der Waals surface area contributed by atoms with Gasteiger partial charge in [-0.2, -0.15) is 0 Å². The second-order valence-electron chi connectivity index (χ2n) is 7.11. The summed E-state index contributed by atoms with van der Waals surface area (Å²) < 4.78 is 17.9. The highest BCUT2D eigenvalue weighted by atomic mass is 32.2. The average Bonchev–Trinajstić information content (AvgIpc) is 3.46. The number of methoxy groups -OCH3 is 1. The molecule has 0 aliphatic heterocycles. The van der Waals surface area contributed by atoms with Crippen molar-refractivity contribution in [1.82, 2.24) is 19.9 Å². The van der Waals surface area contributed by atoms with Crippen LogP contribution in [-0.2, 0) is 6.42 Å². The van der Waals surface area contributed by atoms with Crippen molar-refractivity contribution in [2.75, 3.05) is 12.9 Å². The first-order valence-electron chi connectivity index (χ1n) is 9.68. The van der Waals surface area contributed by atoms with Crippen molar-refractivity contribution in [3.05, 3.63) is 70.6 Å². The van der Waals surface area contributed by atoms with E-state index in [1.165, 1.54) is 11.8 Å². The van der Waals surface area contributed by atoms with Gasteiger partial charge in [0.25, 0.3) is 5.22 Å². The van der Waals surface area contributed by atoms with Crippen molar-refractivity contribution in [1.29, 1.82) is 0 Å². The van der Waals surface area contributed by atoms with E-state index in [-0.39, 0.29) is 11.5 Å². The number of nitrogens with zero attached hydrogens (tertiary/aromatic N) is 4. The molecule has 3 aromatic heterocycles. The van der Waals surface area contributed by atoms with Gasteiger partial charge in [-0.05, 0) is 44.5 Å². The summed E-state index contributed by atoms with van der Waals surface area (Å²) >= 11 is 1.23. The lowest BCUT2D eigenvalue weighted by Crippen LogP contribution is -2.05. The monoisotopic (exact) mass is 438 g/mol. The first kappa shape index (κ1) is 20.9. The molecule has 0 unspecified atom stereocenters. The average molecular weight is 439 g/mol. The van der Waals surface area contributed by atoms with Crippen molar-refractivity contribution >= 4 is 17.5 Å². The largest absolute Gasteiger partial charge is 0.497 e. The Morgan fingerprint density at radius 1 is 1.13 bits per heavy atom. The number of rotatable bonds is 8. The number of carbonyl (C=O) groups is 1. The lowest BCUT2D eigenvalue weighted by molar-refractivity contribution is 0.102. The van der Waals surface area contributed by atoms with E-state index in [1.54, 1.807) is 7.11 Å². The number of Topliss-reactive ketones (excluding diaryl/α,β-unsaturated/α-hetero) is 1. The van der Waals surface area contributed by atoms with Crippen molar-refractivity contribution < 1.29 is 18.5 Å². The van der Waals surface area contributed by atoms with Gasteiger partial charge in [-0.15, -0.1) is 10.2 Å². The number of ether oxygens (including phenoxy) is 1. The maximum absolute atomic E-state index is 12.8. The topological polar surface area (TPSA) is 96.2 Å². The van der Waals surface area contributed by atoms with Gasteiger partial charge in [0.15, 0.2) is 11.6 Å². The summed E-state index contributed by atoms with van der Waals surface area (Å²) in [5.41, 5.74) is 3.41. The molecule has 0 atom stereocenters. The van der Waals surface area contributed by atoms with E-state index in [0.29, 0.717) is 34.7 Å². The predicted molar refractivity (Wildman–Crippen MR) is 115 cm³/mol. The Hall–Kier alpha value is -3.33. The fourth-order valence-electron chi connectivity index (χ4n) is 3.35. The highest BCUT2D eigenvalue weighted by Crippen LogP contribution is 2.24. The quantitative estimate of drug-likeness (QED) is 0.296. The molecular weight excluding hydrogens is 416 g/mol. The third-order valence-electron chi connectivity index (χ3n) is 4.87. The van der Waals surface area contributed by atoms with Crippen LogP contribution in [0, 0.1) is 20.8 Å². The van der Waals surface area contributed by atoms with Gasteiger partial charge < -0.3 is 13.7 Å². The summed E-state index contributed by atoms with van der Waals surface area (Å²) in [6, 6.07) is 11.4. The molecule has 4 aromatic rings.